The van der Waals surface area contributed by atoms with Gasteiger partial charge in [0.1, 0.15) is 0 Å². The summed E-state index contributed by atoms with van der Waals surface area (Å²) in [5, 5.41) is 20.6. The van der Waals surface area contributed by atoms with Crippen LogP contribution >= 0.6 is 11.6 Å². The molecule has 0 saturated heterocycles. The van der Waals surface area contributed by atoms with Gasteiger partial charge in [-0.2, -0.15) is 0 Å². The van der Waals surface area contributed by atoms with Gasteiger partial charge in [0.25, 0.3) is 5.69 Å². The third kappa shape index (κ3) is 3.49. The van der Waals surface area contributed by atoms with E-state index in [2.05, 4.69) is 0 Å². The van der Waals surface area contributed by atoms with E-state index in [1.807, 2.05) is 0 Å². The van der Waals surface area contributed by atoms with E-state index in [0.29, 0.717) is 10.6 Å². The molecule has 82 valence electrons. The van der Waals surface area contributed by atoms with Gasteiger partial charge in [0.05, 0.1) is 10.5 Å². The SMILES string of the molecule is CC(C)(O)Cc1cc([N+](=O)[O-])ccc1Cl. The van der Waals surface area contributed by atoms with Crippen molar-refractivity contribution in [3.8, 4) is 0 Å². The molecule has 0 unspecified atom stereocenters. The number of hydrogen-bond acceptors (Lipinski definition) is 3. The summed E-state index contributed by atoms with van der Waals surface area (Å²) in [5.41, 5.74) is -0.365. The van der Waals surface area contributed by atoms with E-state index in [1.165, 1.54) is 18.2 Å². The average Bonchev–Trinajstić information content (AvgIpc) is 2.06. The summed E-state index contributed by atoms with van der Waals surface area (Å²) in [7, 11) is 0. The van der Waals surface area contributed by atoms with Gasteiger partial charge in [-0.1, -0.05) is 11.6 Å². The first-order valence-electron chi connectivity index (χ1n) is 4.45. The number of rotatable bonds is 3. The Morgan fingerprint density at radius 1 is 1.53 bits per heavy atom. The zero-order valence-electron chi connectivity index (χ0n) is 8.53. The van der Waals surface area contributed by atoms with Crippen molar-refractivity contribution in [3.05, 3.63) is 38.9 Å². The lowest BCUT2D eigenvalue weighted by Crippen LogP contribution is -2.22. The van der Waals surface area contributed by atoms with Gasteiger partial charge < -0.3 is 5.11 Å². The highest BCUT2D eigenvalue weighted by molar-refractivity contribution is 6.31. The molecule has 0 aromatic heterocycles. The number of aliphatic hydroxyl groups is 1. The van der Waals surface area contributed by atoms with E-state index in [0.717, 1.165) is 0 Å². The van der Waals surface area contributed by atoms with Crippen molar-refractivity contribution in [2.75, 3.05) is 0 Å². The molecule has 1 aromatic rings. The molecule has 0 spiro atoms. The van der Waals surface area contributed by atoms with Gasteiger partial charge in [0, 0.05) is 23.6 Å². The van der Waals surface area contributed by atoms with E-state index in [9.17, 15) is 15.2 Å². The van der Waals surface area contributed by atoms with Crippen LogP contribution in [0.15, 0.2) is 18.2 Å². The molecule has 5 heteroatoms. The molecule has 0 radical (unpaired) electrons. The van der Waals surface area contributed by atoms with Crippen LogP contribution in [-0.4, -0.2) is 15.6 Å². The van der Waals surface area contributed by atoms with E-state index in [4.69, 9.17) is 11.6 Å². The molecule has 0 atom stereocenters. The Bertz CT molecular complexity index is 385. The molecule has 0 heterocycles. The molecule has 15 heavy (non-hydrogen) atoms. The highest BCUT2D eigenvalue weighted by Crippen LogP contribution is 2.25. The van der Waals surface area contributed by atoms with Crippen LogP contribution in [0.1, 0.15) is 19.4 Å². The summed E-state index contributed by atoms with van der Waals surface area (Å²) in [6, 6.07) is 4.21. The molecule has 0 bridgehead atoms. The summed E-state index contributed by atoms with van der Waals surface area (Å²) >= 11 is 5.87. The Balaban J connectivity index is 3.06. The van der Waals surface area contributed by atoms with Crippen molar-refractivity contribution < 1.29 is 10.0 Å². The molecule has 0 amide bonds. The fraction of sp³-hybridized carbons (Fsp3) is 0.400. The molecular weight excluding hydrogens is 218 g/mol. The molecule has 1 N–H and O–H groups in total. The minimum Gasteiger partial charge on any atom is -0.390 e. The topological polar surface area (TPSA) is 63.4 Å². The largest absolute Gasteiger partial charge is 0.390 e. The second kappa shape index (κ2) is 4.16. The van der Waals surface area contributed by atoms with Crippen molar-refractivity contribution in [2.45, 2.75) is 25.9 Å². The lowest BCUT2D eigenvalue weighted by Gasteiger charge is -2.17. The van der Waals surface area contributed by atoms with E-state index < -0.39 is 10.5 Å². The Kier molecular flexibility index (Phi) is 3.31. The number of non-ortho nitro benzene ring substituents is 1. The quantitative estimate of drug-likeness (QED) is 0.640. The number of halogens is 1. The Labute approximate surface area is 92.6 Å². The van der Waals surface area contributed by atoms with Crippen LogP contribution in [0.3, 0.4) is 0 Å². The second-order valence-electron chi connectivity index (χ2n) is 4.02. The van der Waals surface area contributed by atoms with Gasteiger partial charge in [-0.05, 0) is 25.5 Å². The minimum atomic E-state index is -0.932. The monoisotopic (exact) mass is 229 g/mol. The number of nitrogens with zero attached hydrogens (tertiary/aromatic N) is 1. The van der Waals surface area contributed by atoms with Crippen molar-refractivity contribution in [3.63, 3.8) is 0 Å². The first-order valence-corrected chi connectivity index (χ1v) is 4.82. The standard InChI is InChI=1S/C10H12ClNO3/c1-10(2,13)6-7-5-8(12(14)15)3-4-9(7)11/h3-5,13H,6H2,1-2H3. The predicted molar refractivity (Wildman–Crippen MR) is 58.1 cm³/mol. The van der Waals surface area contributed by atoms with Crippen molar-refractivity contribution in [1.82, 2.24) is 0 Å². The van der Waals surface area contributed by atoms with Crippen LogP contribution in [0, 0.1) is 10.1 Å². The van der Waals surface area contributed by atoms with Gasteiger partial charge in [-0.25, -0.2) is 0 Å². The molecule has 1 aromatic carbocycles. The van der Waals surface area contributed by atoms with Crippen LogP contribution in [0.2, 0.25) is 5.02 Å². The number of hydrogen-bond donors (Lipinski definition) is 1. The van der Waals surface area contributed by atoms with E-state index >= 15 is 0 Å². The van der Waals surface area contributed by atoms with Gasteiger partial charge in [-0.3, -0.25) is 10.1 Å². The van der Waals surface area contributed by atoms with Gasteiger partial charge in [0.2, 0.25) is 0 Å². The average molecular weight is 230 g/mol. The normalized spacial score (nSPS) is 11.5. The highest BCUT2D eigenvalue weighted by atomic mass is 35.5. The zero-order chi connectivity index (χ0) is 11.6. The Hall–Kier alpha value is -1.13. The van der Waals surface area contributed by atoms with E-state index in [-0.39, 0.29) is 12.1 Å². The second-order valence-corrected chi connectivity index (χ2v) is 4.43. The predicted octanol–water partition coefficient (Wildman–Crippen LogP) is 2.56. The maximum Gasteiger partial charge on any atom is 0.269 e. The molecule has 0 aliphatic carbocycles. The van der Waals surface area contributed by atoms with Crippen LogP contribution in [0.5, 0.6) is 0 Å². The van der Waals surface area contributed by atoms with Gasteiger partial charge >= 0.3 is 0 Å². The third-order valence-electron chi connectivity index (χ3n) is 1.86. The molecule has 0 aliphatic heterocycles. The maximum atomic E-state index is 10.5. The third-order valence-corrected chi connectivity index (χ3v) is 2.23. The highest BCUT2D eigenvalue weighted by Gasteiger charge is 2.18. The van der Waals surface area contributed by atoms with Crippen molar-refractivity contribution >= 4 is 17.3 Å². The minimum absolute atomic E-state index is 0.0151. The van der Waals surface area contributed by atoms with Gasteiger partial charge in [-0.15, -0.1) is 0 Å². The molecule has 0 aliphatic rings. The Morgan fingerprint density at radius 3 is 2.60 bits per heavy atom. The summed E-state index contributed by atoms with van der Waals surface area (Å²) in [5.74, 6) is 0. The Morgan fingerprint density at radius 2 is 2.13 bits per heavy atom. The number of nitro groups is 1. The first kappa shape index (κ1) is 11.9. The van der Waals surface area contributed by atoms with Crippen molar-refractivity contribution in [2.24, 2.45) is 0 Å². The van der Waals surface area contributed by atoms with E-state index in [1.54, 1.807) is 13.8 Å². The van der Waals surface area contributed by atoms with Crippen LogP contribution < -0.4 is 0 Å². The van der Waals surface area contributed by atoms with Crippen LogP contribution in [0.4, 0.5) is 5.69 Å². The summed E-state index contributed by atoms with van der Waals surface area (Å²) in [4.78, 5) is 10.0. The zero-order valence-corrected chi connectivity index (χ0v) is 9.28. The van der Waals surface area contributed by atoms with Gasteiger partial charge in [0.15, 0.2) is 0 Å². The smallest absolute Gasteiger partial charge is 0.269 e. The fourth-order valence-electron chi connectivity index (χ4n) is 1.28. The maximum absolute atomic E-state index is 10.5. The summed E-state index contributed by atoms with van der Waals surface area (Å²) in [6.45, 7) is 3.25. The van der Waals surface area contributed by atoms with Crippen molar-refractivity contribution in [1.29, 1.82) is 0 Å². The molecule has 0 saturated carbocycles. The molecular formula is C10H12ClNO3. The lowest BCUT2D eigenvalue weighted by molar-refractivity contribution is -0.384. The first-order chi connectivity index (χ1) is 6.79. The molecule has 4 nitrogen and oxygen atoms in total. The van der Waals surface area contributed by atoms with Crippen LogP contribution in [0.25, 0.3) is 0 Å². The lowest BCUT2D eigenvalue weighted by atomic mass is 9.98. The molecule has 1 rings (SSSR count). The number of nitro benzene ring substituents is 1. The number of benzene rings is 1. The molecule has 0 fully saturated rings. The summed E-state index contributed by atoms with van der Waals surface area (Å²) < 4.78 is 0. The fourth-order valence-corrected chi connectivity index (χ4v) is 1.46. The summed E-state index contributed by atoms with van der Waals surface area (Å²) in [6.07, 6.45) is 0.285. The van der Waals surface area contributed by atoms with Crippen LogP contribution in [-0.2, 0) is 6.42 Å².